The standard InChI is InChI=1S/C27H23F3N4O/c28-27(29,30)20-11-12-25(31-18-20)33-13-6-14-34(16-15-33)26(35)22-17-24(19-7-2-1-3-8-19)32-23-10-5-4-9-21(22)23/h1-5,7-12,17-18H,6,13-16H2. The number of hydrogen-bond acceptors (Lipinski definition) is 4. The lowest BCUT2D eigenvalue weighted by atomic mass is 10.0. The van der Waals surface area contributed by atoms with Gasteiger partial charge in [0.05, 0.1) is 22.3 Å². The van der Waals surface area contributed by atoms with Crippen LogP contribution in [0.15, 0.2) is 79.0 Å². The van der Waals surface area contributed by atoms with Gasteiger partial charge in [0.1, 0.15) is 5.82 Å². The zero-order chi connectivity index (χ0) is 24.4. The topological polar surface area (TPSA) is 49.3 Å². The summed E-state index contributed by atoms with van der Waals surface area (Å²) in [5.74, 6) is 0.399. The molecule has 1 fully saturated rings. The van der Waals surface area contributed by atoms with E-state index in [0.717, 1.165) is 34.4 Å². The van der Waals surface area contributed by atoms with E-state index in [9.17, 15) is 18.0 Å². The molecule has 0 radical (unpaired) electrons. The minimum atomic E-state index is -4.42. The van der Waals surface area contributed by atoms with E-state index in [2.05, 4.69) is 4.98 Å². The Kier molecular flexibility index (Phi) is 6.11. The average Bonchev–Trinajstić information content (AvgIpc) is 3.14. The molecule has 0 bridgehead atoms. The zero-order valence-electron chi connectivity index (χ0n) is 18.9. The summed E-state index contributed by atoms with van der Waals surface area (Å²) in [7, 11) is 0. The van der Waals surface area contributed by atoms with Crippen molar-refractivity contribution >= 4 is 22.6 Å². The number of carbonyl (C=O) groups is 1. The van der Waals surface area contributed by atoms with Crippen molar-refractivity contribution in [3.05, 3.63) is 90.1 Å². The molecule has 1 aliphatic rings. The number of hydrogen-bond donors (Lipinski definition) is 0. The number of benzene rings is 2. The number of fused-ring (bicyclic) bond motifs is 1. The second kappa shape index (κ2) is 9.37. The molecule has 35 heavy (non-hydrogen) atoms. The summed E-state index contributed by atoms with van der Waals surface area (Å²) in [6.07, 6.45) is -2.88. The number of carbonyl (C=O) groups excluding carboxylic acids is 1. The number of halogens is 3. The van der Waals surface area contributed by atoms with Crippen LogP contribution in [0.4, 0.5) is 19.0 Å². The molecule has 0 N–H and O–H groups in total. The van der Waals surface area contributed by atoms with Crippen LogP contribution in [0.3, 0.4) is 0 Å². The van der Waals surface area contributed by atoms with Crippen molar-refractivity contribution in [2.45, 2.75) is 12.6 Å². The Morgan fingerprint density at radius 1 is 0.857 bits per heavy atom. The van der Waals surface area contributed by atoms with Gasteiger partial charge < -0.3 is 9.80 Å². The van der Waals surface area contributed by atoms with Gasteiger partial charge >= 0.3 is 6.18 Å². The second-order valence-corrected chi connectivity index (χ2v) is 8.47. The van der Waals surface area contributed by atoms with Crippen molar-refractivity contribution in [2.24, 2.45) is 0 Å². The van der Waals surface area contributed by atoms with E-state index in [4.69, 9.17) is 4.98 Å². The molecule has 2 aromatic heterocycles. The molecule has 8 heteroatoms. The Labute approximate surface area is 200 Å². The molecule has 5 nitrogen and oxygen atoms in total. The van der Waals surface area contributed by atoms with Crippen LogP contribution >= 0.6 is 0 Å². The fraction of sp³-hybridized carbons (Fsp3) is 0.222. The second-order valence-electron chi connectivity index (χ2n) is 8.47. The highest BCUT2D eigenvalue weighted by Crippen LogP contribution is 2.30. The molecule has 0 spiro atoms. The maximum absolute atomic E-state index is 13.7. The number of para-hydroxylation sites is 1. The first kappa shape index (κ1) is 22.8. The summed E-state index contributed by atoms with van der Waals surface area (Å²) in [4.78, 5) is 26.2. The van der Waals surface area contributed by atoms with Gasteiger partial charge in [-0.2, -0.15) is 13.2 Å². The van der Waals surface area contributed by atoms with E-state index >= 15 is 0 Å². The van der Waals surface area contributed by atoms with Crippen LogP contribution in [0.5, 0.6) is 0 Å². The van der Waals surface area contributed by atoms with Crippen LogP contribution in [-0.4, -0.2) is 47.0 Å². The van der Waals surface area contributed by atoms with Gasteiger partial charge in [0.15, 0.2) is 0 Å². The summed E-state index contributed by atoms with van der Waals surface area (Å²) in [5.41, 5.74) is 2.24. The fourth-order valence-electron chi connectivity index (χ4n) is 4.37. The number of pyridine rings is 2. The van der Waals surface area contributed by atoms with Gasteiger partial charge in [0.2, 0.25) is 0 Å². The molecule has 1 amide bonds. The molecule has 0 unspecified atom stereocenters. The molecule has 1 aliphatic heterocycles. The largest absolute Gasteiger partial charge is 0.417 e. The molecular formula is C27H23F3N4O. The van der Waals surface area contributed by atoms with Gasteiger partial charge in [0, 0.05) is 43.3 Å². The normalized spacial score (nSPS) is 14.7. The fourth-order valence-corrected chi connectivity index (χ4v) is 4.37. The third kappa shape index (κ3) is 4.82. The number of aromatic nitrogens is 2. The number of rotatable bonds is 3. The predicted octanol–water partition coefficient (Wildman–Crippen LogP) is 5.67. The number of anilines is 1. The summed E-state index contributed by atoms with van der Waals surface area (Å²) in [6, 6.07) is 21.6. The maximum atomic E-state index is 13.7. The molecule has 0 saturated carbocycles. The molecule has 4 aromatic rings. The molecular weight excluding hydrogens is 453 g/mol. The van der Waals surface area contributed by atoms with Crippen LogP contribution in [0.25, 0.3) is 22.2 Å². The quantitative estimate of drug-likeness (QED) is 0.382. The van der Waals surface area contributed by atoms with E-state index in [1.165, 1.54) is 6.07 Å². The lowest BCUT2D eigenvalue weighted by Gasteiger charge is -2.23. The van der Waals surface area contributed by atoms with Crippen LogP contribution < -0.4 is 4.90 Å². The minimum absolute atomic E-state index is 0.0805. The number of nitrogens with zero attached hydrogens (tertiary/aromatic N) is 4. The Morgan fingerprint density at radius 3 is 2.37 bits per heavy atom. The SMILES string of the molecule is O=C(c1cc(-c2ccccc2)nc2ccccc12)N1CCCN(c2ccc(C(F)(F)F)cn2)CC1. The molecule has 5 rings (SSSR count). The van der Waals surface area contributed by atoms with Gasteiger partial charge in [-0.1, -0.05) is 48.5 Å². The lowest BCUT2D eigenvalue weighted by Crippen LogP contribution is -2.35. The summed E-state index contributed by atoms with van der Waals surface area (Å²) in [5, 5.41) is 0.794. The van der Waals surface area contributed by atoms with E-state index in [-0.39, 0.29) is 5.91 Å². The number of amides is 1. The highest BCUT2D eigenvalue weighted by molar-refractivity contribution is 6.07. The first-order valence-corrected chi connectivity index (χ1v) is 11.4. The summed E-state index contributed by atoms with van der Waals surface area (Å²) >= 11 is 0. The highest BCUT2D eigenvalue weighted by Gasteiger charge is 2.31. The molecule has 3 heterocycles. The Hall–Kier alpha value is -3.94. The molecule has 178 valence electrons. The van der Waals surface area contributed by atoms with Crippen molar-refractivity contribution in [3.8, 4) is 11.3 Å². The van der Waals surface area contributed by atoms with Gasteiger partial charge in [0.25, 0.3) is 5.91 Å². The van der Waals surface area contributed by atoms with Crippen LogP contribution in [0.2, 0.25) is 0 Å². The van der Waals surface area contributed by atoms with Crippen molar-refractivity contribution in [2.75, 3.05) is 31.1 Å². The first-order valence-electron chi connectivity index (χ1n) is 11.4. The van der Waals surface area contributed by atoms with E-state index < -0.39 is 11.7 Å². The molecule has 2 aromatic carbocycles. The van der Waals surface area contributed by atoms with E-state index in [1.807, 2.05) is 65.6 Å². The molecule has 1 saturated heterocycles. The van der Waals surface area contributed by atoms with E-state index in [0.29, 0.717) is 44.0 Å². The van der Waals surface area contributed by atoms with Gasteiger partial charge in [-0.15, -0.1) is 0 Å². The highest BCUT2D eigenvalue weighted by atomic mass is 19.4. The Balaban J connectivity index is 1.39. The minimum Gasteiger partial charge on any atom is -0.355 e. The van der Waals surface area contributed by atoms with Crippen molar-refractivity contribution in [1.82, 2.24) is 14.9 Å². The third-order valence-corrected chi connectivity index (χ3v) is 6.20. The average molecular weight is 477 g/mol. The smallest absolute Gasteiger partial charge is 0.355 e. The van der Waals surface area contributed by atoms with Crippen LogP contribution in [-0.2, 0) is 6.18 Å². The van der Waals surface area contributed by atoms with Crippen molar-refractivity contribution in [3.63, 3.8) is 0 Å². The molecule has 0 atom stereocenters. The zero-order valence-corrected chi connectivity index (χ0v) is 18.9. The monoisotopic (exact) mass is 476 g/mol. The predicted molar refractivity (Wildman–Crippen MR) is 129 cm³/mol. The number of alkyl halides is 3. The van der Waals surface area contributed by atoms with Crippen LogP contribution in [0.1, 0.15) is 22.3 Å². The Bertz CT molecular complexity index is 1340. The first-order chi connectivity index (χ1) is 16.9. The summed E-state index contributed by atoms with van der Waals surface area (Å²) < 4.78 is 38.6. The third-order valence-electron chi connectivity index (χ3n) is 6.20. The van der Waals surface area contributed by atoms with Crippen molar-refractivity contribution < 1.29 is 18.0 Å². The van der Waals surface area contributed by atoms with E-state index in [1.54, 1.807) is 4.90 Å². The summed E-state index contributed by atoms with van der Waals surface area (Å²) in [6.45, 7) is 2.08. The van der Waals surface area contributed by atoms with Gasteiger partial charge in [-0.05, 0) is 30.7 Å². The maximum Gasteiger partial charge on any atom is 0.417 e. The van der Waals surface area contributed by atoms with Gasteiger partial charge in [-0.25, -0.2) is 9.97 Å². The van der Waals surface area contributed by atoms with Crippen molar-refractivity contribution in [1.29, 1.82) is 0 Å². The Morgan fingerprint density at radius 2 is 1.63 bits per heavy atom. The molecule has 0 aliphatic carbocycles. The van der Waals surface area contributed by atoms with Gasteiger partial charge in [-0.3, -0.25) is 4.79 Å². The lowest BCUT2D eigenvalue weighted by molar-refractivity contribution is -0.137. The van der Waals surface area contributed by atoms with Crippen LogP contribution in [0, 0.1) is 0 Å².